The molecule has 1 fully saturated rings. The van der Waals surface area contributed by atoms with Gasteiger partial charge in [0.1, 0.15) is 23.3 Å². The van der Waals surface area contributed by atoms with Gasteiger partial charge in [-0.25, -0.2) is 10.9 Å². The van der Waals surface area contributed by atoms with Crippen LogP contribution in [0.2, 0.25) is 0 Å². The first-order valence-corrected chi connectivity index (χ1v) is 9.28. The Labute approximate surface area is 165 Å². The predicted octanol–water partition coefficient (Wildman–Crippen LogP) is 1.98. The third-order valence-corrected chi connectivity index (χ3v) is 4.88. The van der Waals surface area contributed by atoms with Crippen molar-refractivity contribution in [1.29, 1.82) is 0 Å². The zero-order valence-corrected chi connectivity index (χ0v) is 16.5. The number of hydrogen-bond acceptors (Lipinski definition) is 6. The molecule has 0 spiro atoms. The summed E-state index contributed by atoms with van der Waals surface area (Å²) in [5.41, 5.74) is 8.39. The first-order valence-electron chi connectivity index (χ1n) is 9.28. The molecule has 0 aromatic heterocycles. The summed E-state index contributed by atoms with van der Waals surface area (Å²) in [6.07, 6.45) is 1.38. The molecule has 0 aliphatic carbocycles. The number of methoxy groups -OCH3 is 3. The lowest BCUT2D eigenvalue weighted by Gasteiger charge is -2.15. The van der Waals surface area contributed by atoms with Crippen LogP contribution >= 0.6 is 0 Å². The van der Waals surface area contributed by atoms with Crippen molar-refractivity contribution in [3.8, 4) is 17.2 Å². The molecule has 28 heavy (non-hydrogen) atoms. The van der Waals surface area contributed by atoms with E-state index in [1.165, 1.54) is 0 Å². The van der Waals surface area contributed by atoms with E-state index in [0.717, 1.165) is 34.8 Å². The van der Waals surface area contributed by atoms with Gasteiger partial charge in [-0.15, -0.1) is 0 Å². The van der Waals surface area contributed by atoms with E-state index in [9.17, 15) is 4.79 Å². The molecule has 7 nitrogen and oxygen atoms in total. The predicted molar refractivity (Wildman–Crippen MR) is 107 cm³/mol. The fourth-order valence-electron chi connectivity index (χ4n) is 3.32. The van der Waals surface area contributed by atoms with Crippen molar-refractivity contribution in [2.75, 3.05) is 27.9 Å². The van der Waals surface area contributed by atoms with Gasteiger partial charge >= 0.3 is 0 Å². The van der Waals surface area contributed by atoms with E-state index in [0.29, 0.717) is 13.0 Å². The Morgan fingerprint density at radius 3 is 2.57 bits per heavy atom. The quantitative estimate of drug-likeness (QED) is 0.645. The number of carbonyl (C=O) groups is 1. The second-order valence-corrected chi connectivity index (χ2v) is 6.63. The Morgan fingerprint density at radius 1 is 1.04 bits per heavy atom. The van der Waals surface area contributed by atoms with Gasteiger partial charge in [0.15, 0.2) is 0 Å². The van der Waals surface area contributed by atoms with E-state index in [4.69, 9.17) is 14.2 Å². The lowest BCUT2D eigenvalue weighted by atomic mass is 10.0. The fraction of sp³-hybridized carbons (Fsp3) is 0.381. The normalized spacial score (nSPS) is 18.5. The second-order valence-electron chi connectivity index (χ2n) is 6.63. The van der Waals surface area contributed by atoms with Crippen molar-refractivity contribution in [2.45, 2.75) is 24.9 Å². The SMILES string of the molecule is COc1cccc(CCNC(=O)C2CC(c3ccc(OC)cc3OC)NN2)c1. The first kappa shape index (κ1) is 20.0. The summed E-state index contributed by atoms with van der Waals surface area (Å²) < 4.78 is 15.9. The number of carbonyl (C=O) groups excluding carboxylic acids is 1. The average Bonchev–Trinajstić information content (AvgIpc) is 3.23. The minimum Gasteiger partial charge on any atom is -0.497 e. The third-order valence-electron chi connectivity index (χ3n) is 4.88. The van der Waals surface area contributed by atoms with Crippen molar-refractivity contribution in [2.24, 2.45) is 0 Å². The zero-order valence-electron chi connectivity index (χ0n) is 16.5. The molecular formula is C21H27N3O4. The smallest absolute Gasteiger partial charge is 0.238 e. The summed E-state index contributed by atoms with van der Waals surface area (Å²) in [5.74, 6) is 2.27. The van der Waals surface area contributed by atoms with E-state index < -0.39 is 0 Å². The number of amides is 1. The van der Waals surface area contributed by atoms with Crippen molar-refractivity contribution >= 4 is 5.91 Å². The minimum atomic E-state index is -0.304. The van der Waals surface area contributed by atoms with E-state index in [1.807, 2.05) is 42.5 Å². The highest BCUT2D eigenvalue weighted by Crippen LogP contribution is 2.33. The number of nitrogens with one attached hydrogen (secondary N) is 3. The first-order chi connectivity index (χ1) is 13.6. The molecular weight excluding hydrogens is 358 g/mol. The van der Waals surface area contributed by atoms with Crippen molar-refractivity contribution in [1.82, 2.24) is 16.2 Å². The van der Waals surface area contributed by atoms with Crippen molar-refractivity contribution in [3.05, 3.63) is 53.6 Å². The van der Waals surface area contributed by atoms with Gasteiger partial charge in [0.2, 0.25) is 5.91 Å². The molecule has 0 radical (unpaired) electrons. The van der Waals surface area contributed by atoms with Gasteiger partial charge in [-0.3, -0.25) is 4.79 Å². The molecule has 150 valence electrons. The molecule has 0 bridgehead atoms. The number of benzene rings is 2. The molecule has 2 aromatic carbocycles. The summed E-state index contributed by atoms with van der Waals surface area (Å²) in [4.78, 5) is 12.5. The largest absolute Gasteiger partial charge is 0.497 e. The average molecular weight is 385 g/mol. The second kappa shape index (κ2) is 9.43. The molecule has 1 aliphatic rings. The maximum Gasteiger partial charge on any atom is 0.238 e. The number of hydrogen-bond donors (Lipinski definition) is 3. The summed E-state index contributed by atoms with van der Waals surface area (Å²) in [6.45, 7) is 0.570. The Bertz CT molecular complexity index is 812. The highest BCUT2D eigenvalue weighted by Gasteiger charge is 2.31. The van der Waals surface area contributed by atoms with Gasteiger partial charge in [-0.05, 0) is 36.6 Å². The molecule has 1 saturated heterocycles. The molecule has 0 saturated carbocycles. The van der Waals surface area contributed by atoms with Gasteiger partial charge in [0.05, 0.1) is 27.4 Å². The van der Waals surface area contributed by atoms with Crippen LogP contribution in [-0.4, -0.2) is 39.8 Å². The standard InChI is InChI=1S/C21H27N3O4/c1-26-15-6-4-5-14(11-15)9-10-22-21(25)19-13-18(23-24-19)17-8-7-16(27-2)12-20(17)28-3/h4-8,11-12,18-19,23-24H,9-10,13H2,1-3H3,(H,22,25). The Balaban J connectivity index is 1.53. The minimum absolute atomic E-state index is 0.0185. The van der Waals surface area contributed by atoms with Crippen LogP contribution in [0.3, 0.4) is 0 Å². The Morgan fingerprint density at radius 2 is 1.82 bits per heavy atom. The van der Waals surface area contributed by atoms with Gasteiger partial charge in [0.25, 0.3) is 0 Å². The number of rotatable bonds is 8. The maximum atomic E-state index is 12.5. The highest BCUT2D eigenvalue weighted by molar-refractivity contribution is 5.82. The molecule has 1 aliphatic heterocycles. The van der Waals surface area contributed by atoms with E-state index in [1.54, 1.807) is 21.3 Å². The zero-order chi connectivity index (χ0) is 19.9. The molecule has 2 unspecified atom stereocenters. The van der Waals surface area contributed by atoms with Crippen LogP contribution in [0.4, 0.5) is 0 Å². The Kier molecular flexibility index (Phi) is 6.73. The topological polar surface area (TPSA) is 80.9 Å². The monoisotopic (exact) mass is 385 g/mol. The van der Waals surface area contributed by atoms with Crippen LogP contribution in [-0.2, 0) is 11.2 Å². The molecule has 3 N–H and O–H groups in total. The van der Waals surface area contributed by atoms with Gasteiger partial charge in [-0.2, -0.15) is 0 Å². The summed E-state index contributed by atoms with van der Waals surface area (Å²) in [6, 6.07) is 13.2. The highest BCUT2D eigenvalue weighted by atomic mass is 16.5. The number of hydrazine groups is 1. The summed E-state index contributed by atoms with van der Waals surface area (Å²) in [7, 11) is 4.90. The van der Waals surface area contributed by atoms with Gasteiger partial charge in [-0.1, -0.05) is 18.2 Å². The molecule has 7 heteroatoms. The summed E-state index contributed by atoms with van der Waals surface area (Å²) >= 11 is 0. The van der Waals surface area contributed by atoms with Crippen LogP contribution in [0.1, 0.15) is 23.6 Å². The fourth-order valence-corrected chi connectivity index (χ4v) is 3.32. The van der Waals surface area contributed by atoms with Gasteiger partial charge < -0.3 is 19.5 Å². The maximum absolute atomic E-state index is 12.5. The van der Waals surface area contributed by atoms with E-state index >= 15 is 0 Å². The molecule has 2 atom stereocenters. The van der Waals surface area contributed by atoms with E-state index in [-0.39, 0.29) is 18.0 Å². The lowest BCUT2D eigenvalue weighted by Crippen LogP contribution is -2.43. The van der Waals surface area contributed by atoms with Crippen LogP contribution in [0.25, 0.3) is 0 Å². The third kappa shape index (κ3) is 4.74. The molecule has 3 rings (SSSR count). The van der Waals surface area contributed by atoms with Crippen LogP contribution in [0.15, 0.2) is 42.5 Å². The molecule has 2 aromatic rings. The molecule has 1 heterocycles. The lowest BCUT2D eigenvalue weighted by molar-refractivity contribution is -0.122. The van der Waals surface area contributed by atoms with Crippen molar-refractivity contribution in [3.63, 3.8) is 0 Å². The summed E-state index contributed by atoms with van der Waals surface area (Å²) in [5, 5.41) is 3.00. The van der Waals surface area contributed by atoms with Crippen LogP contribution < -0.4 is 30.4 Å². The Hall–Kier alpha value is -2.77. The van der Waals surface area contributed by atoms with Gasteiger partial charge in [0, 0.05) is 18.2 Å². The molecule has 1 amide bonds. The van der Waals surface area contributed by atoms with Crippen LogP contribution in [0, 0.1) is 0 Å². The number of ether oxygens (including phenoxy) is 3. The van der Waals surface area contributed by atoms with E-state index in [2.05, 4.69) is 16.2 Å². The van der Waals surface area contributed by atoms with Crippen LogP contribution in [0.5, 0.6) is 17.2 Å². The van der Waals surface area contributed by atoms with Crippen molar-refractivity contribution < 1.29 is 19.0 Å².